The molecular weight excluding hydrogens is 236 g/mol. The Labute approximate surface area is 105 Å². The van der Waals surface area contributed by atoms with Crippen LogP contribution in [0.3, 0.4) is 0 Å². The van der Waals surface area contributed by atoms with E-state index in [1.807, 2.05) is 30.3 Å². The fourth-order valence-corrected chi connectivity index (χ4v) is 1.60. The van der Waals surface area contributed by atoms with Crippen molar-refractivity contribution in [1.29, 1.82) is 0 Å². The van der Waals surface area contributed by atoms with Crippen LogP contribution < -0.4 is 5.84 Å². The first-order chi connectivity index (χ1) is 8.50. The van der Waals surface area contributed by atoms with E-state index in [0.717, 1.165) is 10.6 Å². The third-order valence-corrected chi connectivity index (χ3v) is 2.53. The van der Waals surface area contributed by atoms with Crippen molar-refractivity contribution >= 4 is 11.9 Å². The Balaban J connectivity index is 2.62. The number of nitrogens with zero attached hydrogens (tertiary/aromatic N) is 1. The summed E-state index contributed by atoms with van der Waals surface area (Å²) in [5.41, 5.74) is 0.876. The highest BCUT2D eigenvalue weighted by Crippen LogP contribution is 2.09. The molecule has 0 radical (unpaired) electrons. The maximum absolute atomic E-state index is 11.0. The van der Waals surface area contributed by atoms with Crippen molar-refractivity contribution < 1.29 is 19.8 Å². The fourth-order valence-electron chi connectivity index (χ4n) is 1.60. The highest BCUT2D eigenvalue weighted by molar-refractivity contribution is 5.75. The fraction of sp³-hybridized carbons (Fsp3) is 0.333. The summed E-state index contributed by atoms with van der Waals surface area (Å²) in [7, 11) is 0. The van der Waals surface area contributed by atoms with Gasteiger partial charge in [-0.1, -0.05) is 30.3 Å². The van der Waals surface area contributed by atoms with Gasteiger partial charge >= 0.3 is 11.9 Å². The van der Waals surface area contributed by atoms with Gasteiger partial charge in [0, 0.05) is 13.0 Å². The second kappa shape index (κ2) is 6.73. The van der Waals surface area contributed by atoms with E-state index in [-0.39, 0.29) is 19.4 Å². The summed E-state index contributed by atoms with van der Waals surface area (Å²) in [6, 6.07) is 8.17. The summed E-state index contributed by atoms with van der Waals surface area (Å²) in [4.78, 5) is 21.5. The van der Waals surface area contributed by atoms with Crippen LogP contribution in [0.1, 0.15) is 18.4 Å². The molecule has 98 valence electrons. The zero-order valence-electron chi connectivity index (χ0n) is 9.82. The number of hydrazine groups is 1. The average Bonchev–Trinajstić information content (AvgIpc) is 2.29. The summed E-state index contributed by atoms with van der Waals surface area (Å²) in [5, 5.41) is 18.7. The largest absolute Gasteiger partial charge is 0.481 e. The smallest absolute Gasteiger partial charge is 0.322 e. The van der Waals surface area contributed by atoms with E-state index < -0.39 is 18.0 Å². The van der Waals surface area contributed by atoms with Crippen LogP contribution in [-0.4, -0.2) is 33.2 Å². The number of rotatable bonds is 7. The van der Waals surface area contributed by atoms with Crippen LogP contribution in [0, 0.1) is 0 Å². The highest BCUT2D eigenvalue weighted by atomic mass is 16.4. The maximum Gasteiger partial charge on any atom is 0.322 e. The van der Waals surface area contributed by atoms with E-state index >= 15 is 0 Å². The van der Waals surface area contributed by atoms with Crippen LogP contribution >= 0.6 is 0 Å². The van der Waals surface area contributed by atoms with Crippen molar-refractivity contribution in [3.63, 3.8) is 0 Å². The van der Waals surface area contributed by atoms with Crippen molar-refractivity contribution in [3.8, 4) is 0 Å². The Morgan fingerprint density at radius 2 is 1.83 bits per heavy atom. The van der Waals surface area contributed by atoms with Gasteiger partial charge in [-0.3, -0.25) is 15.4 Å². The maximum atomic E-state index is 11.0. The normalized spacial score (nSPS) is 12.3. The number of hydrogen-bond acceptors (Lipinski definition) is 4. The lowest BCUT2D eigenvalue weighted by Gasteiger charge is -2.23. The van der Waals surface area contributed by atoms with Gasteiger partial charge in [-0.05, 0) is 12.0 Å². The summed E-state index contributed by atoms with van der Waals surface area (Å²) in [6.07, 6.45) is -0.243. The highest BCUT2D eigenvalue weighted by Gasteiger charge is 2.24. The van der Waals surface area contributed by atoms with Crippen molar-refractivity contribution in [2.45, 2.75) is 25.4 Å². The Hall–Kier alpha value is -1.92. The van der Waals surface area contributed by atoms with E-state index in [9.17, 15) is 9.59 Å². The number of hydrogen-bond donors (Lipinski definition) is 3. The van der Waals surface area contributed by atoms with Crippen LogP contribution in [0.4, 0.5) is 0 Å². The Morgan fingerprint density at radius 3 is 2.33 bits per heavy atom. The van der Waals surface area contributed by atoms with Crippen LogP contribution in [0.15, 0.2) is 30.3 Å². The molecule has 0 aromatic heterocycles. The Kier molecular flexibility index (Phi) is 5.29. The molecule has 1 atom stereocenters. The zero-order chi connectivity index (χ0) is 13.5. The van der Waals surface area contributed by atoms with E-state index in [1.54, 1.807) is 0 Å². The molecule has 4 N–H and O–H groups in total. The minimum atomic E-state index is -1.12. The molecule has 0 fully saturated rings. The summed E-state index contributed by atoms with van der Waals surface area (Å²) >= 11 is 0. The molecule has 6 heteroatoms. The van der Waals surface area contributed by atoms with Crippen LogP contribution in [0.5, 0.6) is 0 Å². The van der Waals surface area contributed by atoms with E-state index in [2.05, 4.69) is 0 Å². The van der Waals surface area contributed by atoms with E-state index in [4.69, 9.17) is 16.1 Å². The Bertz CT molecular complexity index is 408. The van der Waals surface area contributed by atoms with Gasteiger partial charge in [0.05, 0.1) is 0 Å². The van der Waals surface area contributed by atoms with Crippen molar-refractivity contribution in [3.05, 3.63) is 35.9 Å². The van der Waals surface area contributed by atoms with E-state index in [0.29, 0.717) is 0 Å². The first kappa shape index (κ1) is 14.1. The predicted octanol–water partition coefficient (Wildman–Crippen LogP) is 0.680. The van der Waals surface area contributed by atoms with Gasteiger partial charge in [0.2, 0.25) is 0 Å². The topological polar surface area (TPSA) is 104 Å². The van der Waals surface area contributed by atoms with Gasteiger partial charge in [0.1, 0.15) is 6.04 Å². The third kappa shape index (κ3) is 4.52. The molecule has 0 saturated heterocycles. The van der Waals surface area contributed by atoms with Crippen molar-refractivity contribution in [2.24, 2.45) is 5.84 Å². The quantitative estimate of drug-likeness (QED) is 0.487. The second-order valence-electron chi connectivity index (χ2n) is 3.94. The van der Waals surface area contributed by atoms with Gasteiger partial charge < -0.3 is 10.2 Å². The van der Waals surface area contributed by atoms with Crippen LogP contribution in [0.25, 0.3) is 0 Å². The molecule has 0 unspecified atom stereocenters. The average molecular weight is 252 g/mol. The molecule has 0 aliphatic heterocycles. The van der Waals surface area contributed by atoms with Gasteiger partial charge in [0.25, 0.3) is 0 Å². The lowest BCUT2D eigenvalue weighted by atomic mass is 10.1. The van der Waals surface area contributed by atoms with Crippen molar-refractivity contribution in [1.82, 2.24) is 5.01 Å². The number of carboxylic acids is 2. The summed E-state index contributed by atoms with van der Waals surface area (Å²) < 4.78 is 0. The molecule has 6 nitrogen and oxygen atoms in total. The van der Waals surface area contributed by atoms with Gasteiger partial charge in [-0.2, -0.15) is 0 Å². The van der Waals surface area contributed by atoms with Gasteiger partial charge in [-0.25, -0.2) is 5.01 Å². The molecule has 1 rings (SSSR count). The van der Waals surface area contributed by atoms with Gasteiger partial charge in [-0.15, -0.1) is 0 Å². The SMILES string of the molecule is NN(Cc1ccccc1)[C@@H](CCC(=O)O)C(=O)O. The summed E-state index contributed by atoms with van der Waals surface area (Å²) in [5.74, 6) is 3.55. The molecule has 0 saturated carbocycles. The molecule has 0 aliphatic carbocycles. The number of carboxylic acid groups (broad SMARTS) is 2. The van der Waals surface area contributed by atoms with Crippen LogP contribution in [0.2, 0.25) is 0 Å². The third-order valence-electron chi connectivity index (χ3n) is 2.53. The predicted molar refractivity (Wildman–Crippen MR) is 64.5 cm³/mol. The number of benzene rings is 1. The number of aliphatic carboxylic acids is 2. The first-order valence-corrected chi connectivity index (χ1v) is 5.50. The van der Waals surface area contributed by atoms with Gasteiger partial charge in [0.15, 0.2) is 0 Å². The molecule has 1 aromatic carbocycles. The molecule has 0 amide bonds. The molecule has 0 aliphatic rings. The summed E-state index contributed by atoms with van der Waals surface area (Å²) in [6.45, 7) is 0.261. The molecule has 0 spiro atoms. The number of carbonyl (C=O) groups is 2. The van der Waals surface area contributed by atoms with Crippen molar-refractivity contribution in [2.75, 3.05) is 0 Å². The monoisotopic (exact) mass is 252 g/mol. The first-order valence-electron chi connectivity index (χ1n) is 5.50. The standard InChI is InChI=1S/C12H16N2O4/c13-14(8-9-4-2-1-3-5-9)10(12(17)18)6-7-11(15)16/h1-5,10H,6-8,13H2,(H,15,16)(H,17,18)/t10-/m0/s1. The zero-order valence-corrected chi connectivity index (χ0v) is 9.82. The second-order valence-corrected chi connectivity index (χ2v) is 3.94. The minimum absolute atomic E-state index is 0.0198. The minimum Gasteiger partial charge on any atom is -0.481 e. The molecule has 0 heterocycles. The molecular formula is C12H16N2O4. The molecule has 0 bridgehead atoms. The number of nitrogens with two attached hydrogens (primary N) is 1. The molecule has 1 aromatic rings. The van der Waals surface area contributed by atoms with Crippen LogP contribution in [-0.2, 0) is 16.1 Å². The molecule has 18 heavy (non-hydrogen) atoms. The Morgan fingerprint density at radius 1 is 1.22 bits per heavy atom. The lowest BCUT2D eigenvalue weighted by Crippen LogP contribution is -2.45. The van der Waals surface area contributed by atoms with E-state index in [1.165, 1.54) is 0 Å². The lowest BCUT2D eigenvalue weighted by molar-refractivity contribution is -0.144.